The summed E-state index contributed by atoms with van der Waals surface area (Å²) in [4.78, 5) is 0. The Labute approximate surface area is 126 Å². The highest BCUT2D eigenvalue weighted by molar-refractivity contribution is 9.11. The average molecular weight is 377 g/mol. The molecule has 4 heteroatoms. The molecule has 1 aliphatic rings. The van der Waals surface area contributed by atoms with Crippen molar-refractivity contribution in [2.24, 2.45) is 5.92 Å². The van der Waals surface area contributed by atoms with E-state index in [4.69, 9.17) is 4.74 Å². The van der Waals surface area contributed by atoms with E-state index in [2.05, 4.69) is 55.4 Å². The van der Waals surface area contributed by atoms with Gasteiger partial charge in [0.25, 0.3) is 0 Å². The van der Waals surface area contributed by atoms with E-state index in [1.54, 1.807) is 0 Å². The molecule has 18 heavy (non-hydrogen) atoms. The van der Waals surface area contributed by atoms with Crippen LogP contribution in [0.15, 0.2) is 27.1 Å². The number of rotatable bonds is 4. The highest BCUT2D eigenvalue weighted by atomic mass is 79.9. The van der Waals surface area contributed by atoms with E-state index in [0.29, 0.717) is 6.04 Å². The van der Waals surface area contributed by atoms with Crippen molar-refractivity contribution in [1.82, 2.24) is 5.32 Å². The maximum absolute atomic E-state index is 5.42. The van der Waals surface area contributed by atoms with Crippen LogP contribution in [0, 0.1) is 5.92 Å². The summed E-state index contributed by atoms with van der Waals surface area (Å²) >= 11 is 7.16. The SMILES string of the molecule is CNC(CC1CCOCC1)c1ccc(Br)cc1Br. The molecular weight excluding hydrogens is 358 g/mol. The minimum Gasteiger partial charge on any atom is -0.381 e. The summed E-state index contributed by atoms with van der Waals surface area (Å²) in [5.41, 5.74) is 1.34. The van der Waals surface area contributed by atoms with Crippen molar-refractivity contribution in [2.75, 3.05) is 20.3 Å². The number of halogens is 2. The topological polar surface area (TPSA) is 21.3 Å². The lowest BCUT2D eigenvalue weighted by molar-refractivity contribution is 0.0608. The zero-order valence-electron chi connectivity index (χ0n) is 10.6. The molecule has 1 atom stereocenters. The zero-order valence-corrected chi connectivity index (χ0v) is 13.8. The van der Waals surface area contributed by atoms with E-state index in [1.165, 1.54) is 29.3 Å². The lowest BCUT2D eigenvalue weighted by Crippen LogP contribution is -2.24. The Morgan fingerprint density at radius 3 is 2.67 bits per heavy atom. The van der Waals surface area contributed by atoms with E-state index in [-0.39, 0.29) is 0 Å². The second-order valence-corrected chi connectivity index (χ2v) is 6.57. The van der Waals surface area contributed by atoms with Crippen LogP contribution in [0.25, 0.3) is 0 Å². The second kappa shape index (κ2) is 7.04. The van der Waals surface area contributed by atoms with Crippen LogP contribution in [-0.2, 0) is 4.74 Å². The van der Waals surface area contributed by atoms with Crippen LogP contribution in [0.3, 0.4) is 0 Å². The maximum atomic E-state index is 5.42. The van der Waals surface area contributed by atoms with Gasteiger partial charge in [-0.15, -0.1) is 0 Å². The van der Waals surface area contributed by atoms with Gasteiger partial charge in [-0.2, -0.15) is 0 Å². The summed E-state index contributed by atoms with van der Waals surface area (Å²) < 4.78 is 7.70. The maximum Gasteiger partial charge on any atom is 0.0468 e. The Hall–Kier alpha value is 0.1000. The summed E-state index contributed by atoms with van der Waals surface area (Å²) in [6.07, 6.45) is 3.55. The Morgan fingerprint density at radius 2 is 2.06 bits per heavy atom. The van der Waals surface area contributed by atoms with E-state index >= 15 is 0 Å². The van der Waals surface area contributed by atoms with Gasteiger partial charge >= 0.3 is 0 Å². The molecule has 2 rings (SSSR count). The number of benzene rings is 1. The van der Waals surface area contributed by atoms with Crippen molar-refractivity contribution < 1.29 is 4.74 Å². The van der Waals surface area contributed by atoms with Gasteiger partial charge < -0.3 is 10.1 Å². The molecule has 1 unspecified atom stereocenters. The van der Waals surface area contributed by atoms with Gasteiger partial charge in [-0.1, -0.05) is 37.9 Å². The summed E-state index contributed by atoms with van der Waals surface area (Å²) in [5.74, 6) is 0.770. The Kier molecular flexibility index (Phi) is 5.67. The first-order valence-electron chi connectivity index (χ1n) is 6.40. The Bertz CT molecular complexity index is 391. The van der Waals surface area contributed by atoms with Gasteiger partial charge in [0, 0.05) is 28.2 Å². The van der Waals surface area contributed by atoms with Crippen LogP contribution >= 0.6 is 31.9 Å². The van der Waals surface area contributed by atoms with Gasteiger partial charge in [0.1, 0.15) is 0 Å². The van der Waals surface area contributed by atoms with E-state index in [0.717, 1.165) is 23.6 Å². The molecule has 1 aromatic carbocycles. The molecule has 0 radical (unpaired) electrons. The molecule has 1 N–H and O–H groups in total. The summed E-state index contributed by atoms with van der Waals surface area (Å²) in [6, 6.07) is 6.82. The fourth-order valence-corrected chi connectivity index (χ4v) is 3.82. The molecule has 0 spiro atoms. The van der Waals surface area contributed by atoms with Gasteiger partial charge in [-0.3, -0.25) is 0 Å². The predicted molar refractivity (Wildman–Crippen MR) is 81.8 cm³/mol. The average Bonchev–Trinajstić information content (AvgIpc) is 2.38. The lowest BCUT2D eigenvalue weighted by Gasteiger charge is -2.27. The third-order valence-corrected chi connectivity index (χ3v) is 4.78. The molecule has 1 heterocycles. The molecule has 0 saturated carbocycles. The predicted octanol–water partition coefficient (Wildman–Crippen LogP) is 4.29. The first-order valence-corrected chi connectivity index (χ1v) is 7.99. The van der Waals surface area contributed by atoms with E-state index < -0.39 is 0 Å². The highest BCUT2D eigenvalue weighted by Crippen LogP contribution is 2.32. The van der Waals surface area contributed by atoms with Crippen molar-refractivity contribution >= 4 is 31.9 Å². The van der Waals surface area contributed by atoms with Gasteiger partial charge in [0.05, 0.1) is 0 Å². The van der Waals surface area contributed by atoms with Crippen LogP contribution < -0.4 is 5.32 Å². The van der Waals surface area contributed by atoms with Gasteiger partial charge in [0.2, 0.25) is 0 Å². The normalized spacial score (nSPS) is 18.8. The van der Waals surface area contributed by atoms with Crippen LogP contribution in [0.1, 0.15) is 30.9 Å². The molecule has 1 saturated heterocycles. The molecule has 2 nitrogen and oxygen atoms in total. The zero-order chi connectivity index (χ0) is 13.0. The van der Waals surface area contributed by atoms with Crippen molar-refractivity contribution in [1.29, 1.82) is 0 Å². The van der Waals surface area contributed by atoms with Crippen molar-refractivity contribution in [3.8, 4) is 0 Å². The summed E-state index contributed by atoms with van der Waals surface area (Å²) in [5, 5.41) is 3.44. The number of hydrogen-bond acceptors (Lipinski definition) is 2. The van der Waals surface area contributed by atoms with Crippen LogP contribution in [-0.4, -0.2) is 20.3 Å². The summed E-state index contributed by atoms with van der Waals surface area (Å²) in [6.45, 7) is 1.84. The Balaban J connectivity index is 2.07. The minimum absolute atomic E-state index is 0.413. The molecule has 1 aliphatic heterocycles. The van der Waals surface area contributed by atoms with Crippen molar-refractivity contribution in [3.05, 3.63) is 32.7 Å². The number of nitrogens with one attached hydrogen (secondary N) is 1. The number of ether oxygens (including phenoxy) is 1. The van der Waals surface area contributed by atoms with E-state index in [9.17, 15) is 0 Å². The van der Waals surface area contributed by atoms with Crippen LogP contribution in [0.4, 0.5) is 0 Å². The lowest BCUT2D eigenvalue weighted by atomic mass is 9.89. The van der Waals surface area contributed by atoms with Crippen molar-refractivity contribution in [2.45, 2.75) is 25.3 Å². The standard InChI is InChI=1S/C14H19Br2NO/c1-17-14(8-10-4-6-18-7-5-10)12-3-2-11(15)9-13(12)16/h2-3,9-10,14,17H,4-8H2,1H3. The molecule has 0 bridgehead atoms. The van der Waals surface area contributed by atoms with Crippen LogP contribution in [0.5, 0.6) is 0 Å². The quantitative estimate of drug-likeness (QED) is 0.846. The molecule has 0 aliphatic carbocycles. The van der Waals surface area contributed by atoms with E-state index in [1.807, 2.05) is 7.05 Å². The molecular formula is C14H19Br2NO. The highest BCUT2D eigenvalue weighted by Gasteiger charge is 2.20. The fraction of sp³-hybridized carbons (Fsp3) is 0.571. The third-order valence-electron chi connectivity index (χ3n) is 3.60. The summed E-state index contributed by atoms with van der Waals surface area (Å²) in [7, 11) is 2.04. The smallest absolute Gasteiger partial charge is 0.0468 e. The molecule has 1 fully saturated rings. The fourth-order valence-electron chi connectivity index (χ4n) is 2.50. The first kappa shape index (κ1) is 14.5. The van der Waals surface area contributed by atoms with Gasteiger partial charge in [-0.25, -0.2) is 0 Å². The molecule has 100 valence electrons. The molecule has 0 amide bonds. The monoisotopic (exact) mass is 375 g/mol. The number of hydrogen-bond donors (Lipinski definition) is 1. The first-order chi connectivity index (χ1) is 8.70. The van der Waals surface area contributed by atoms with Gasteiger partial charge in [-0.05, 0) is 49.9 Å². The Morgan fingerprint density at radius 1 is 1.33 bits per heavy atom. The van der Waals surface area contributed by atoms with Crippen molar-refractivity contribution in [3.63, 3.8) is 0 Å². The minimum atomic E-state index is 0.413. The second-order valence-electron chi connectivity index (χ2n) is 4.80. The third kappa shape index (κ3) is 3.80. The largest absolute Gasteiger partial charge is 0.381 e. The van der Waals surface area contributed by atoms with Gasteiger partial charge in [0.15, 0.2) is 0 Å². The van der Waals surface area contributed by atoms with Crippen LogP contribution in [0.2, 0.25) is 0 Å². The molecule has 1 aromatic rings. The molecule has 0 aromatic heterocycles.